The van der Waals surface area contributed by atoms with Crippen molar-refractivity contribution in [1.82, 2.24) is 24.8 Å². The number of fused-ring (bicyclic) bond motifs is 1. The number of piperidine rings is 1. The Hall–Kier alpha value is -2.31. The van der Waals surface area contributed by atoms with E-state index in [4.69, 9.17) is 0 Å². The molecule has 0 atom stereocenters. The van der Waals surface area contributed by atoms with Gasteiger partial charge in [-0.15, -0.1) is 0 Å². The zero-order valence-electron chi connectivity index (χ0n) is 14.0. The normalized spacial score (nSPS) is 15.9. The van der Waals surface area contributed by atoms with Gasteiger partial charge in [0.2, 0.25) is 0 Å². The average Bonchev–Trinajstić information content (AvgIpc) is 2.88. The van der Waals surface area contributed by atoms with Gasteiger partial charge in [-0.05, 0) is 33.6 Å². The number of nitrogens with one attached hydrogen (secondary N) is 2. The van der Waals surface area contributed by atoms with Crippen molar-refractivity contribution in [1.29, 1.82) is 0 Å². The molecule has 7 nitrogen and oxygen atoms in total. The number of nitrogens with zero attached hydrogens (tertiary/aromatic N) is 4. The summed E-state index contributed by atoms with van der Waals surface area (Å²) in [7, 11) is 0. The first-order valence-corrected chi connectivity index (χ1v) is 8.20. The largest absolute Gasteiger partial charge is 0.367 e. The molecule has 124 valence electrons. The first kappa shape index (κ1) is 15.6. The van der Waals surface area contributed by atoms with E-state index in [1.807, 2.05) is 42.3 Å². The third-order valence-corrected chi connectivity index (χ3v) is 4.14. The molecule has 2 amide bonds. The molecule has 0 aliphatic carbocycles. The van der Waals surface area contributed by atoms with E-state index >= 15 is 0 Å². The van der Waals surface area contributed by atoms with Gasteiger partial charge in [-0.2, -0.15) is 9.61 Å². The van der Waals surface area contributed by atoms with Crippen LogP contribution in [0.1, 0.15) is 31.2 Å². The number of carbonyl (C=O) groups is 1. The Bertz CT molecular complexity index is 702. The minimum absolute atomic E-state index is 0.0378. The Kier molecular flexibility index (Phi) is 4.36. The number of carbonyl (C=O) groups excluding carboxylic acids is 1. The van der Waals surface area contributed by atoms with Crippen molar-refractivity contribution in [2.24, 2.45) is 0 Å². The molecule has 7 heteroatoms. The molecule has 0 aromatic carbocycles. The lowest BCUT2D eigenvalue weighted by atomic mass is 10.1. The molecular weight excluding hydrogens is 292 g/mol. The molecule has 0 spiro atoms. The number of likely N-dealkylation sites (tertiary alicyclic amines) is 1. The number of aromatic nitrogens is 3. The summed E-state index contributed by atoms with van der Waals surface area (Å²) >= 11 is 0. The van der Waals surface area contributed by atoms with E-state index in [1.165, 1.54) is 0 Å². The molecule has 0 unspecified atom stereocenters. The molecule has 0 radical (unpaired) electrons. The zero-order chi connectivity index (χ0) is 16.4. The predicted octanol–water partition coefficient (Wildman–Crippen LogP) is 1.95. The lowest BCUT2D eigenvalue weighted by Crippen LogP contribution is -2.46. The molecule has 0 bridgehead atoms. The monoisotopic (exact) mass is 316 g/mol. The molecule has 1 fully saturated rings. The van der Waals surface area contributed by atoms with Crippen molar-refractivity contribution in [2.45, 2.75) is 39.7 Å². The summed E-state index contributed by atoms with van der Waals surface area (Å²) in [5.74, 6) is 0.969. The summed E-state index contributed by atoms with van der Waals surface area (Å²) in [5.41, 5.74) is 2.79. The van der Waals surface area contributed by atoms with Crippen molar-refractivity contribution < 1.29 is 4.79 Å². The molecule has 2 aromatic heterocycles. The van der Waals surface area contributed by atoms with Gasteiger partial charge in [-0.3, -0.25) is 0 Å². The zero-order valence-corrected chi connectivity index (χ0v) is 14.0. The second-order valence-corrected chi connectivity index (χ2v) is 6.08. The van der Waals surface area contributed by atoms with E-state index in [0.717, 1.165) is 48.8 Å². The lowest BCUT2D eigenvalue weighted by Gasteiger charge is -2.32. The molecule has 1 aliphatic heterocycles. The van der Waals surface area contributed by atoms with Crippen molar-refractivity contribution >= 4 is 17.5 Å². The second-order valence-electron chi connectivity index (χ2n) is 6.08. The van der Waals surface area contributed by atoms with E-state index in [-0.39, 0.29) is 6.03 Å². The third-order valence-electron chi connectivity index (χ3n) is 4.14. The minimum atomic E-state index is 0.0378. The van der Waals surface area contributed by atoms with Crippen LogP contribution >= 0.6 is 0 Å². The van der Waals surface area contributed by atoms with E-state index in [2.05, 4.69) is 20.7 Å². The van der Waals surface area contributed by atoms with Crippen LogP contribution in [-0.4, -0.2) is 51.2 Å². The van der Waals surface area contributed by atoms with Gasteiger partial charge < -0.3 is 15.5 Å². The number of amides is 2. The highest BCUT2D eigenvalue weighted by atomic mass is 16.2. The van der Waals surface area contributed by atoms with Crippen molar-refractivity contribution in [2.75, 3.05) is 25.0 Å². The van der Waals surface area contributed by atoms with Crippen molar-refractivity contribution in [3.63, 3.8) is 0 Å². The number of aryl methyl sites for hydroxylation is 2. The van der Waals surface area contributed by atoms with Gasteiger partial charge in [0.15, 0.2) is 5.65 Å². The maximum absolute atomic E-state index is 11.9. The van der Waals surface area contributed by atoms with Crippen LogP contribution in [0.25, 0.3) is 5.65 Å². The summed E-state index contributed by atoms with van der Waals surface area (Å²) in [6.45, 7) is 8.12. The van der Waals surface area contributed by atoms with Crippen LogP contribution in [0.4, 0.5) is 10.6 Å². The van der Waals surface area contributed by atoms with Crippen LogP contribution in [0.15, 0.2) is 12.1 Å². The van der Waals surface area contributed by atoms with Gasteiger partial charge in [0.1, 0.15) is 5.82 Å². The standard InChI is InChI=1S/C16H24N6O/c1-4-17-16(23)21-7-5-13(6-8-21)19-15-9-11(2)18-14-10-12(3)20-22(14)15/h9-10,13,19H,4-8H2,1-3H3,(H,17,23). The fourth-order valence-corrected chi connectivity index (χ4v) is 3.02. The number of anilines is 1. The first-order chi connectivity index (χ1) is 11.1. The van der Waals surface area contributed by atoms with Crippen LogP contribution in [0, 0.1) is 13.8 Å². The molecule has 1 aliphatic rings. The predicted molar refractivity (Wildman–Crippen MR) is 89.8 cm³/mol. The summed E-state index contributed by atoms with van der Waals surface area (Å²) in [6.07, 6.45) is 1.86. The van der Waals surface area contributed by atoms with Gasteiger partial charge in [0.25, 0.3) is 0 Å². The molecule has 2 N–H and O–H groups in total. The highest BCUT2D eigenvalue weighted by molar-refractivity contribution is 5.74. The molecular formula is C16H24N6O. The SMILES string of the molecule is CCNC(=O)N1CCC(Nc2cc(C)nc3cc(C)nn23)CC1. The average molecular weight is 316 g/mol. The van der Waals surface area contributed by atoms with Crippen LogP contribution in [0.5, 0.6) is 0 Å². The summed E-state index contributed by atoms with van der Waals surface area (Å²) < 4.78 is 1.86. The maximum atomic E-state index is 11.9. The van der Waals surface area contributed by atoms with Gasteiger partial charge >= 0.3 is 6.03 Å². The van der Waals surface area contributed by atoms with Gasteiger partial charge in [0.05, 0.1) is 5.69 Å². The molecule has 3 heterocycles. The third kappa shape index (κ3) is 3.38. The molecule has 1 saturated heterocycles. The molecule has 23 heavy (non-hydrogen) atoms. The fourth-order valence-electron chi connectivity index (χ4n) is 3.02. The Morgan fingerprint density at radius 3 is 2.70 bits per heavy atom. The second kappa shape index (κ2) is 6.44. The van der Waals surface area contributed by atoms with Gasteiger partial charge in [-0.1, -0.05) is 0 Å². The number of urea groups is 1. The summed E-state index contributed by atoms with van der Waals surface area (Å²) in [4.78, 5) is 18.2. The van der Waals surface area contributed by atoms with E-state index in [0.29, 0.717) is 12.6 Å². The number of hydrogen-bond acceptors (Lipinski definition) is 4. The van der Waals surface area contributed by atoms with Crippen LogP contribution in [0.3, 0.4) is 0 Å². The quantitative estimate of drug-likeness (QED) is 0.907. The molecule has 0 saturated carbocycles. The summed E-state index contributed by atoms with van der Waals surface area (Å²) in [5, 5.41) is 10.9. The van der Waals surface area contributed by atoms with E-state index in [9.17, 15) is 4.79 Å². The Labute approximate surface area is 136 Å². The van der Waals surface area contributed by atoms with Crippen LogP contribution < -0.4 is 10.6 Å². The van der Waals surface area contributed by atoms with Gasteiger partial charge in [0, 0.05) is 43.5 Å². The van der Waals surface area contributed by atoms with E-state index in [1.54, 1.807) is 0 Å². The Balaban J connectivity index is 1.68. The van der Waals surface area contributed by atoms with Gasteiger partial charge in [-0.25, -0.2) is 9.78 Å². The fraction of sp³-hybridized carbons (Fsp3) is 0.562. The van der Waals surface area contributed by atoms with Crippen LogP contribution in [-0.2, 0) is 0 Å². The van der Waals surface area contributed by atoms with Crippen LogP contribution in [0.2, 0.25) is 0 Å². The highest BCUT2D eigenvalue weighted by Gasteiger charge is 2.23. The minimum Gasteiger partial charge on any atom is -0.367 e. The number of rotatable bonds is 3. The maximum Gasteiger partial charge on any atom is 0.317 e. The van der Waals surface area contributed by atoms with Crippen molar-refractivity contribution in [3.05, 3.63) is 23.5 Å². The molecule has 3 rings (SSSR count). The van der Waals surface area contributed by atoms with Crippen molar-refractivity contribution in [3.8, 4) is 0 Å². The highest BCUT2D eigenvalue weighted by Crippen LogP contribution is 2.19. The topological polar surface area (TPSA) is 74.6 Å². The lowest BCUT2D eigenvalue weighted by molar-refractivity contribution is 0.184. The molecule has 2 aromatic rings. The Morgan fingerprint density at radius 2 is 2.00 bits per heavy atom. The smallest absolute Gasteiger partial charge is 0.317 e. The Morgan fingerprint density at radius 1 is 1.26 bits per heavy atom. The number of hydrogen-bond donors (Lipinski definition) is 2. The first-order valence-electron chi connectivity index (χ1n) is 8.20. The van der Waals surface area contributed by atoms with E-state index < -0.39 is 0 Å². The summed E-state index contributed by atoms with van der Waals surface area (Å²) in [6, 6.07) is 4.39.